The third kappa shape index (κ3) is 4.65. The Hall–Kier alpha value is -2.87. The molecule has 1 amide bonds. The molecular weight excluding hydrogens is 358 g/mol. The molecule has 0 bridgehead atoms. The van der Waals surface area contributed by atoms with Crippen LogP contribution in [0.25, 0.3) is 0 Å². The number of nitrogens with zero attached hydrogens (tertiary/aromatic N) is 1. The van der Waals surface area contributed by atoms with Crippen molar-refractivity contribution < 1.29 is 27.8 Å². The molecular formula is C19H20F2N2O4. The molecule has 6 nitrogen and oxygen atoms in total. The van der Waals surface area contributed by atoms with E-state index in [-0.39, 0.29) is 24.1 Å². The molecule has 2 aromatic rings. The highest BCUT2D eigenvalue weighted by Crippen LogP contribution is 2.33. The number of nitrogens with one attached hydrogen (secondary N) is 1. The van der Waals surface area contributed by atoms with E-state index in [2.05, 4.69) is 10.1 Å². The number of carbonyl (C=O) groups excluding carboxylic acids is 1. The van der Waals surface area contributed by atoms with Crippen molar-refractivity contribution in [2.75, 3.05) is 19.2 Å². The Bertz CT molecular complexity index is 816. The van der Waals surface area contributed by atoms with E-state index in [9.17, 15) is 13.6 Å². The van der Waals surface area contributed by atoms with E-state index in [1.54, 1.807) is 26.1 Å². The van der Waals surface area contributed by atoms with Crippen molar-refractivity contribution in [3.05, 3.63) is 48.0 Å². The lowest BCUT2D eigenvalue weighted by Crippen LogP contribution is -2.39. The Morgan fingerprint density at radius 3 is 2.74 bits per heavy atom. The first-order valence-corrected chi connectivity index (χ1v) is 8.37. The molecule has 144 valence electrons. The molecule has 3 rings (SSSR count). The summed E-state index contributed by atoms with van der Waals surface area (Å²) in [5.41, 5.74) is 1.16. The highest BCUT2D eigenvalue weighted by molar-refractivity contribution is 5.95. The normalized spacial score (nSPS) is 13.7. The Labute approximate surface area is 155 Å². The molecule has 0 saturated heterocycles. The minimum atomic E-state index is -2.96. The van der Waals surface area contributed by atoms with Crippen LogP contribution < -0.4 is 19.5 Å². The van der Waals surface area contributed by atoms with Gasteiger partial charge in [-0.25, -0.2) is 0 Å². The number of hydrogen-bond acceptors (Lipinski definition) is 5. The molecule has 0 spiro atoms. The van der Waals surface area contributed by atoms with Crippen LogP contribution in [0.1, 0.15) is 12.5 Å². The van der Waals surface area contributed by atoms with Crippen LogP contribution in [0.15, 0.2) is 42.5 Å². The quantitative estimate of drug-likeness (QED) is 0.799. The smallest absolute Gasteiger partial charge is 0.387 e. The monoisotopic (exact) mass is 378 g/mol. The second-order valence-electron chi connectivity index (χ2n) is 6.14. The fourth-order valence-corrected chi connectivity index (χ4v) is 2.67. The number of ether oxygens (including phenoxy) is 3. The van der Waals surface area contributed by atoms with E-state index in [0.717, 1.165) is 5.56 Å². The van der Waals surface area contributed by atoms with Crippen LogP contribution in [0.2, 0.25) is 0 Å². The van der Waals surface area contributed by atoms with Crippen LogP contribution in [-0.4, -0.2) is 37.3 Å². The Morgan fingerprint density at radius 1 is 1.22 bits per heavy atom. The van der Waals surface area contributed by atoms with Crippen molar-refractivity contribution in [3.8, 4) is 17.2 Å². The van der Waals surface area contributed by atoms with Crippen molar-refractivity contribution in [1.82, 2.24) is 4.90 Å². The van der Waals surface area contributed by atoms with Crippen LogP contribution in [0, 0.1) is 0 Å². The van der Waals surface area contributed by atoms with E-state index < -0.39 is 12.7 Å². The van der Waals surface area contributed by atoms with E-state index in [1.807, 2.05) is 23.1 Å². The number of carbonyl (C=O) groups is 1. The predicted octanol–water partition coefficient (Wildman–Crippen LogP) is 3.48. The van der Waals surface area contributed by atoms with Crippen LogP contribution >= 0.6 is 0 Å². The topological polar surface area (TPSA) is 60.0 Å². The SMILES string of the molecule is CC(C(=O)Nc1ccccc1OC(F)F)N(C)Cc1ccc2c(c1)OCO2. The van der Waals surface area contributed by atoms with Gasteiger partial charge in [0.15, 0.2) is 11.5 Å². The Morgan fingerprint density at radius 2 is 1.96 bits per heavy atom. The van der Waals surface area contributed by atoms with Gasteiger partial charge in [-0.2, -0.15) is 8.78 Å². The summed E-state index contributed by atoms with van der Waals surface area (Å²) in [5, 5.41) is 2.64. The van der Waals surface area contributed by atoms with Gasteiger partial charge >= 0.3 is 6.61 Å². The molecule has 0 aliphatic carbocycles. The van der Waals surface area contributed by atoms with Gasteiger partial charge in [0.25, 0.3) is 0 Å². The number of halogens is 2. The molecule has 1 unspecified atom stereocenters. The first-order chi connectivity index (χ1) is 12.9. The van der Waals surface area contributed by atoms with E-state index in [1.165, 1.54) is 12.1 Å². The summed E-state index contributed by atoms with van der Waals surface area (Å²) in [6.45, 7) is -0.526. The van der Waals surface area contributed by atoms with Crippen LogP contribution in [0.5, 0.6) is 17.2 Å². The average molecular weight is 378 g/mol. The number of fused-ring (bicyclic) bond motifs is 1. The second-order valence-corrected chi connectivity index (χ2v) is 6.14. The fraction of sp³-hybridized carbons (Fsp3) is 0.316. The third-order valence-corrected chi connectivity index (χ3v) is 4.27. The zero-order valence-electron chi connectivity index (χ0n) is 14.9. The predicted molar refractivity (Wildman–Crippen MR) is 95.2 cm³/mol. The van der Waals surface area contributed by atoms with Crippen molar-refractivity contribution >= 4 is 11.6 Å². The van der Waals surface area contributed by atoms with Crippen molar-refractivity contribution in [3.63, 3.8) is 0 Å². The lowest BCUT2D eigenvalue weighted by atomic mass is 10.1. The van der Waals surface area contributed by atoms with E-state index in [0.29, 0.717) is 18.0 Å². The van der Waals surface area contributed by atoms with Crippen molar-refractivity contribution in [2.45, 2.75) is 26.1 Å². The summed E-state index contributed by atoms with van der Waals surface area (Å²) >= 11 is 0. The van der Waals surface area contributed by atoms with Crippen molar-refractivity contribution in [2.24, 2.45) is 0 Å². The molecule has 0 aromatic heterocycles. The first-order valence-electron chi connectivity index (χ1n) is 8.37. The summed E-state index contributed by atoms with van der Waals surface area (Å²) < 4.78 is 40.1. The van der Waals surface area contributed by atoms with Gasteiger partial charge in [0.1, 0.15) is 5.75 Å². The molecule has 1 atom stereocenters. The number of anilines is 1. The average Bonchev–Trinajstić information content (AvgIpc) is 3.10. The van der Waals surface area contributed by atoms with Gasteiger partial charge in [-0.15, -0.1) is 0 Å². The van der Waals surface area contributed by atoms with Gasteiger partial charge in [-0.05, 0) is 43.8 Å². The number of likely N-dealkylation sites (N-methyl/N-ethyl adjacent to an activating group) is 1. The minimum absolute atomic E-state index is 0.0773. The number of amides is 1. The minimum Gasteiger partial charge on any atom is -0.454 e. The molecule has 8 heteroatoms. The van der Waals surface area contributed by atoms with Gasteiger partial charge in [-0.1, -0.05) is 18.2 Å². The standard InChI is InChI=1S/C19H20F2N2O4/c1-12(18(24)22-14-5-3-4-6-15(14)27-19(20)21)23(2)10-13-7-8-16-17(9-13)26-11-25-16/h3-9,12,19H,10-11H2,1-2H3,(H,22,24). The van der Waals surface area contributed by atoms with Gasteiger partial charge in [-0.3, -0.25) is 9.69 Å². The number of alkyl halides is 2. The lowest BCUT2D eigenvalue weighted by Gasteiger charge is -2.24. The maximum absolute atomic E-state index is 12.5. The Kier molecular flexibility index (Phi) is 5.75. The molecule has 0 fully saturated rings. The fourth-order valence-electron chi connectivity index (χ4n) is 2.67. The molecule has 0 radical (unpaired) electrons. The molecule has 2 aromatic carbocycles. The largest absolute Gasteiger partial charge is 0.454 e. The number of benzene rings is 2. The summed E-state index contributed by atoms with van der Waals surface area (Å²) in [6.07, 6.45) is 0. The highest BCUT2D eigenvalue weighted by atomic mass is 19.3. The van der Waals surface area contributed by atoms with Gasteiger partial charge in [0, 0.05) is 6.54 Å². The van der Waals surface area contributed by atoms with E-state index >= 15 is 0 Å². The van der Waals surface area contributed by atoms with Crippen LogP contribution in [0.4, 0.5) is 14.5 Å². The molecule has 1 heterocycles. The van der Waals surface area contributed by atoms with Gasteiger partial charge in [0.05, 0.1) is 11.7 Å². The molecule has 27 heavy (non-hydrogen) atoms. The lowest BCUT2D eigenvalue weighted by molar-refractivity contribution is -0.120. The molecule has 0 saturated carbocycles. The highest BCUT2D eigenvalue weighted by Gasteiger charge is 2.21. The summed E-state index contributed by atoms with van der Waals surface area (Å²) in [5.74, 6) is 0.967. The zero-order chi connectivity index (χ0) is 19.4. The first kappa shape index (κ1) is 18.9. The van der Waals surface area contributed by atoms with Gasteiger partial charge in [0.2, 0.25) is 12.7 Å². The third-order valence-electron chi connectivity index (χ3n) is 4.27. The number of rotatable bonds is 7. The van der Waals surface area contributed by atoms with Crippen LogP contribution in [-0.2, 0) is 11.3 Å². The summed E-state index contributed by atoms with van der Waals surface area (Å²) in [4.78, 5) is 14.4. The van der Waals surface area contributed by atoms with E-state index in [4.69, 9.17) is 9.47 Å². The van der Waals surface area contributed by atoms with Crippen molar-refractivity contribution in [1.29, 1.82) is 0 Å². The maximum Gasteiger partial charge on any atom is 0.387 e. The maximum atomic E-state index is 12.5. The second kappa shape index (κ2) is 8.22. The number of para-hydroxylation sites is 2. The molecule has 1 aliphatic heterocycles. The zero-order valence-corrected chi connectivity index (χ0v) is 14.9. The summed E-state index contributed by atoms with van der Waals surface area (Å²) in [7, 11) is 1.80. The molecule has 1 aliphatic rings. The van der Waals surface area contributed by atoms with Gasteiger partial charge < -0.3 is 19.5 Å². The Balaban J connectivity index is 1.63. The summed E-state index contributed by atoms with van der Waals surface area (Å²) in [6, 6.07) is 11.2. The van der Waals surface area contributed by atoms with Crippen LogP contribution in [0.3, 0.4) is 0 Å². The molecule has 1 N–H and O–H groups in total. The number of hydrogen-bond donors (Lipinski definition) is 1.